The third-order valence-electron chi connectivity index (χ3n) is 1.25. The van der Waals surface area contributed by atoms with Crippen LogP contribution in [0.5, 0.6) is 0 Å². The molecule has 64 valence electrons. The van der Waals surface area contributed by atoms with Gasteiger partial charge in [-0.3, -0.25) is 0 Å². The smallest absolute Gasteiger partial charge is 0.128 e. The molecule has 0 aliphatic rings. The summed E-state index contributed by atoms with van der Waals surface area (Å²) in [6, 6.07) is 3.46. The average molecular weight is 184 g/mol. The van der Waals surface area contributed by atoms with Crippen molar-refractivity contribution in [3.63, 3.8) is 0 Å². The van der Waals surface area contributed by atoms with E-state index in [-0.39, 0.29) is 0 Å². The maximum Gasteiger partial charge on any atom is 0.128 e. The fourth-order valence-electron chi connectivity index (χ4n) is 0.730. The molecule has 3 nitrogen and oxygen atoms in total. The molecule has 3 N–H and O–H groups in total. The Morgan fingerprint density at radius 3 is 3.08 bits per heavy atom. The van der Waals surface area contributed by atoms with Crippen molar-refractivity contribution in [3.8, 4) is 0 Å². The van der Waals surface area contributed by atoms with Crippen molar-refractivity contribution < 1.29 is 0 Å². The highest BCUT2D eigenvalue weighted by Crippen LogP contribution is 2.08. The Bertz CT molecular complexity index is 285. The summed E-state index contributed by atoms with van der Waals surface area (Å²) in [4.78, 5) is 4.02. The molecule has 1 rings (SSSR count). The Morgan fingerprint density at radius 2 is 2.50 bits per heavy atom. The first-order valence-electron chi connectivity index (χ1n) is 3.47. The fourth-order valence-corrected chi connectivity index (χ4v) is 0.797. The Kier molecular flexibility index (Phi) is 2.94. The number of nitrogens with two attached hydrogens (primary N) is 1. The molecule has 0 saturated heterocycles. The van der Waals surface area contributed by atoms with Crippen molar-refractivity contribution in [2.24, 2.45) is 0 Å². The lowest BCUT2D eigenvalue weighted by atomic mass is 10.4. The zero-order valence-corrected chi connectivity index (χ0v) is 7.30. The zero-order valence-electron chi connectivity index (χ0n) is 6.55. The van der Waals surface area contributed by atoms with Gasteiger partial charge in [-0.1, -0.05) is 18.2 Å². The fraction of sp³-hybridized carbons (Fsp3) is 0.125. The molecule has 12 heavy (non-hydrogen) atoms. The summed E-state index contributed by atoms with van der Waals surface area (Å²) >= 11 is 5.55. The van der Waals surface area contributed by atoms with Gasteiger partial charge in [-0.25, -0.2) is 4.98 Å². The number of nitrogens with one attached hydrogen (secondary N) is 1. The third-order valence-corrected chi connectivity index (χ3v) is 1.38. The third kappa shape index (κ3) is 2.80. The summed E-state index contributed by atoms with van der Waals surface area (Å²) < 4.78 is 0. The van der Waals surface area contributed by atoms with Gasteiger partial charge in [-0.2, -0.15) is 0 Å². The number of hydrogen-bond acceptors (Lipinski definition) is 3. The van der Waals surface area contributed by atoms with E-state index in [1.807, 2.05) is 0 Å². The van der Waals surface area contributed by atoms with Gasteiger partial charge >= 0.3 is 0 Å². The van der Waals surface area contributed by atoms with E-state index in [0.717, 1.165) is 0 Å². The predicted octanol–water partition coefficient (Wildman–Crippen LogP) is 1.83. The molecule has 1 aromatic rings. The van der Waals surface area contributed by atoms with E-state index in [1.54, 1.807) is 18.3 Å². The lowest BCUT2D eigenvalue weighted by Crippen LogP contribution is -2.02. The summed E-state index contributed by atoms with van der Waals surface area (Å²) in [5.74, 6) is 0.705. The first-order chi connectivity index (χ1) is 5.68. The van der Waals surface area contributed by atoms with Crippen molar-refractivity contribution in [2.75, 3.05) is 17.6 Å². The summed E-state index contributed by atoms with van der Waals surface area (Å²) in [6.45, 7) is 4.03. The van der Waals surface area contributed by atoms with Crippen molar-refractivity contribution in [1.29, 1.82) is 0 Å². The summed E-state index contributed by atoms with van der Waals surface area (Å²) in [6.07, 6.45) is 1.63. The van der Waals surface area contributed by atoms with E-state index in [4.69, 9.17) is 17.3 Å². The Balaban J connectivity index is 2.57. The normalized spacial score (nSPS) is 9.42. The van der Waals surface area contributed by atoms with Crippen LogP contribution in [0.3, 0.4) is 0 Å². The molecule has 0 saturated carbocycles. The van der Waals surface area contributed by atoms with Crippen molar-refractivity contribution in [3.05, 3.63) is 29.9 Å². The molecule has 1 aromatic heterocycles. The molecule has 0 radical (unpaired) electrons. The van der Waals surface area contributed by atoms with Gasteiger partial charge in [-0.15, -0.1) is 0 Å². The van der Waals surface area contributed by atoms with Crippen LogP contribution in [0.2, 0.25) is 0 Å². The summed E-state index contributed by atoms with van der Waals surface area (Å²) in [5.41, 5.74) is 6.20. The highest BCUT2D eigenvalue weighted by atomic mass is 35.5. The van der Waals surface area contributed by atoms with Crippen molar-refractivity contribution in [2.45, 2.75) is 0 Å². The van der Waals surface area contributed by atoms with Crippen LogP contribution in [0.25, 0.3) is 0 Å². The average Bonchev–Trinajstić information content (AvgIpc) is 2.01. The first-order valence-corrected chi connectivity index (χ1v) is 3.85. The SMILES string of the molecule is C=C(Cl)CNc1cc(N)ccn1. The predicted molar refractivity (Wildman–Crippen MR) is 52.1 cm³/mol. The summed E-state index contributed by atoms with van der Waals surface area (Å²) in [5, 5.41) is 3.50. The number of nitrogen functional groups attached to an aromatic ring is 1. The van der Waals surface area contributed by atoms with Crippen molar-refractivity contribution >= 4 is 23.1 Å². The largest absolute Gasteiger partial charge is 0.399 e. The minimum atomic E-state index is 0.498. The number of rotatable bonds is 3. The number of hydrogen-bond donors (Lipinski definition) is 2. The number of pyridine rings is 1. The number of anilines is 2. The minimum Gasteiger partial charge on any atom is -0.399 e. The molecule has 4 heteroatoms. The number of aromatic nitrogens is 1. The summed E-state index contributed by atoms with van der Waals surface area (Å²) in [7, 11) is 0. The van der Waals surface area contributed by atoms with E-state index < -0.39 is 0 Å². The van der Waals surface area contributed by atoms with Gasteiger partial charge in [0.05, 0.1) is 6.54 Å². The van der Waals surface area contributed by atoms with Crippen molar-refractivity contribution in [1.82, 2.24) is 4.98 Å². The highest BCUT2D eigenvalue weighted by Gasteiger charge is 1.93. The maximum absolute atomic E-state index is 5.55. The van der Waals surface area contributed by atoms with Gasteiger partial charge < -0.3 is 11.1 Å². The van der Waals surface area contributed by atoms with E-state index in [0.29, 0.717) is 23.1 Å². The van der Waals surface area contributed by atoms with Gasteiger partial charge in [-0.05, 0) is 6.07 Å². The molecular weight excluding hydrogens is 174 g/mol. The molecule has 0 spiro atoms. The first kappa shape index (κ1) is 8.87. The van der Waals surface area contributed by atoms with E-state index in [9.17, 15) is 0 Å². The van der Waals surface area contributed by atoms with Crippen LogP contribution in [0.1, 0.15) is 0 Å². The van der Waals surface area contributed by atoms with Crippen LogP contribution in [0, 0.1) is 0 Å². The number of halogens is 1. The van der Waals surface area contributed by atoms with Crippen LogP contribution in [0.15, 0.2) is 29.9 Å². The van der Waals surface area contributed by atoms with Gasteiger partial charge in [0.2, 0.25) is 0 Å². The Hall–Kier alpha value is -1.22. The maximum atomic E-state index is 5.55. The molecule has 0 amide bonds. The van der Waals surface area contributed by atoms with Crippen LogP contribution >= 0.6 is 11.6 Å². The zero-order chi connectivity index (χ0) is 8.97. The van der Waals surface area contributed by atoms with Gasteiger partial charge in [0.25, 0.3) is 0 Å². The van der Waals surface area contributed by atoms with Gasteiger partial charge in [0, 0.05) is 23.0 Å². The van der Waals surface area contributed by atoms with Gasteiger partial charge in [0.1, 0.15) is 5.82 Å². The monoisotopic (exact) mass is 183 g/mol. The molecular formula is C8H10ClN3. The van der Waals surface area contributed by atoms with Crippen LogP contribution in [0.4, 0.5) is 11.5 Å². The molecule has 0 bridgehead atoms. The molecule has 0 aliphatic carbocycles. The second-order valence-electron chi connectivity index (χ2n) is 2.35. The second-order valence-corrected chi connectivity index (χ2v) is 2.88. The van der Waals surface area contributed by atoms with E-state index >= 15 is 0 Å². The topological polar surface area (TPSA) is 50.9 Å². The lowest BCUT2D eigenvalue weighted by molar-refractivity contribution is 1.22. The van der Waals surface area contributed by atoms with Gasteiger partial charge in [0.15, 0.2) is 0 Å². The standard InChI is InChI=1S/C8H10ClN3/c1-6(9)5-12-8-4-7(10)2-3-11-8/h2-4H,1,5H2,(H3,10,11,12). The molecule has 0 unspecified atom stereocenters. The Morgan fingerprint density at radius 1 is 1.75 bits per heavy atom. The molecule has 0 atom stereocenters. The Labute approximate surface area is 76.2 Å². The highest BCUT2D eigenvalue weighted by molar-refractivity contribution is 6.29. The van der Waals surface area contributed by atoms with E-state index in [2.05, 4.69) is 16.9 Å². The van der Waals surface area contributed by atoms with E-state index in [1.165, 1.54) is 0 Å². The van der Waals surface area contributed by atoms with Crippen LogP contribution < -0.4 is 11.1 Å². The molecule has 0 aromatic carbocycles. The number of nitrogens with zero attached hydrogens (tertiary/aromatic N) is 1. The molecule has 1 heterocycles. The van der Waals surface area contributed by atoms with Crippen LogP contribution in [-0.4, -0.2) is 11.5 Å². The quantitative estimate of drug-likeness (QED) is 0.752. The lowest BCUT2D eigenvalue weighted by Gasteiger charge is -2.03. The van der Waals surface area contributed by atoms with Crippen LogP contribution in [-0.2, 0) is 0 Å². The molecule has 0 aliphatic heterocycles. The second kappa shape index (κ2) is 3.97. The molecule has 0 fully saturated rings. The minimum absolute atomic E-state index is 0.498.